The predicted molar refractivity (Wildman–Crippen MR) is 157 cm³/mol. The highest BCUT2D eigenvalue weighted by Crippen LogP contribution is 2.64. The molecule has 3 aliphatic rings. The van der Waals surface area contributed by atoms with Crippen LogP contribution in [0.3, 0.4) is 0 Å². The van der Waals surface area contributed by atoms with Crippen LogP contribution in [0.15, 0.2) is 47.1 Å². The van der Waals surface area contributed by atoms with Crippen LogP contribution in [0.25, 0.3) is 11.1 Å². The zero-order valence-electron chi connectivity index (χ0n) is 25.1. The van der Waals surface area contributed by atoms with Crippen LogP contribution in [0.2, 0.25) is 0 Å². The van der Waals surface area contributed by atoms with Crippen molar-refractivity contribution in [2.24, 2.45) is 10.8 Å². The molecule has 0 fully saturated rings. The minimum absolute atomic E-state index is 0.137. The molecule has 2 aromatic rings. The van der Waals surface area contributed by atoms with Crippen molar-refractivity contribution < 1.29 is 0 Å². The summed E-state index contributed by atoms with van der Waals surface area (Å²) in [6.07, 6.45) is 6.31. The molecule has 0 saturated heterocycles. The number of rotatable bonds is 1. The van der Waals surface area contributed by atoms with E-state index >= 15 is 0 Å². The molecule has 0 heteroatoms. The maximum Gasteiger partial charge on any atom is 0.0196 e. The van der Waals surface area contributed by atoms with E-state index in [0.717, 1.165) is 0 Å². The van der Waals surface area contributed by atoms with Gasteiger partial charge in [-0.1, -0.05) is 111 Å². The van der Waals surface area contributed by atoms with Crippen LogP contribution < -0.4 is 0 Å². The number of aryl methyl sites for hydroxylation is 2. The summed E-state index contributed by atoms with van der Waals surface area (Å²) in [5.74, 6) is 0.422. The maximum atomic E-state index is 2.62. The molecule has 1 unspecified atom stereocenters. The third-order valence-corrected chi connectivity index (χ3v) is 9.59. The Morgan fingerprint density at radius 3 is 1.58 bits per heavy atom. The second-order valence-corrected chi connectivity index (χ2v) is 15.5. The van der Waals surface area contributed by atoms with Crippen LogP contribution >= 0.6 is 0 Å². The van der Waals surface area contributed by atoms with E-state index < -0.39 is 0 Å². The quantitative estimate of drug-likeness (QED) is 0.381. The minimum Gasteiger partial charge on any atom is -0.0623 e. The molecule has 192 valence electrons. The third-order valence-electron chi connectivity index (χ3n) is 9.59. The Morgan fingerprint density at radius 2 is 1.17 bits per heavy atom. The molecule has 0 spiro atoms. The van der Waals surface area contributed by atoms with Gasteiger partial charge < -0.3 is 0 Å². The van der Waals surface area contributed by atoms with Gasteiger partial charge in [0.15, 0.2) is 0 Å². The lowest BCUT2D eigenvalue weighted by atomic mass is 9.67. The highest BCUT2D eigenvalue weighted by Gasteiger charge is 2.49. The van der Waals surface area contributed by atoms with Gasteiger partial charge in [0.2, 0.25) is 0 Å². The van der Waals surface area contributed by atoms with Crippen molar-refractivity contribution in [3.8, 4) is 11.1 Å². The van der Waals surface area contributed by atoms with Crippen molar-refractivity contribution in [3.63, 3.8) is 0 Å². The van der Waals surface area contributed by atoms with Crippen LogP contribution in [0.4, 0.5) is 0 Å². The van der Waals surface area contributed by atoms with Gasteiger partial charge in [-0.15, -0.1) is 0 Å². The predicted octanol–water partition coefficient (Wildman–Crippen LogP) is 10.5. The second-order valence-electron chi connectivity index (χ2n) is 15.5. The van der Waals surface area contributed by atoms with E-state index in [2.05, 4.69) is 113 Å². The number of allylic oxidation sites excluding steroid dienone is 4. The summed E-state index contributed by atoms with van der Waals surface area (Å²) < 4.78 is 0. The topological polar surface area (TPSA) is 0 Å². The Balaban J connectivity index is 1.77. The van der Waals surface area contributed by atoms with E-state index in [9.17, 15) is 0 Å². The Hall–Kier alpha value is -2.08. The van der Waals surface area contributed by atoms with Crippen LogP contribution in [-0.2, 0) is 10.8 Å². The summed E-state index contributed by atoms with van der Waals surface area (Å²) >= 11 is 0. The zero-order valence-corrected chi connectivity index (χ0v) is 25.1. The molecule has 0 saturated carbocycles. The molecule has 1 atom stereocenters. The summed E-state index contributed by atoms with van der Waals surface area (Å²) in [6, 6.07) is 10.3. The molecule has 3 aliphatic carbocycles. The second kappa shape index (κ2) is 7.72. The molecule has 0 bridgehead atoms. The maximum absolute atomic E-state index is 2.62. The highest BCUT2D eigenvalue weighted by molar-refractivity contribution is 5.82. The summed E-state index contributed by atoms with van der Waals surface area (Å²) in [4.78, 5) is 0. The van der Waals surface area contributed by atoms with Crippen molar-refractivity contribution in [1.82, 2.24) is 0 Å². The van der Waals surface area contributed by atoms with Gasteiger partial charge in [-0.3, -0.25) is 0 Å². The van der Waals surface area contributed by atoms with Crippen molar-refractivity contribution in [2.45, 2.75) is 119 Å². The van der Waals surface area contributed by atoms with Gasteiger partial charge in [0.05, 0.1) is 0 Å². The molecule has 0 radical (unpaired) electrons. The van der Waals surface area contributed by atoms with Gasteiger partial charge in [-0.05, 0) is 99.4 Å². The number of benzene rings is 2. The van der Waals surface area contributed by atoms with Gasteiger partial charge in [0.25, 0.3) is 0 Å². The van der Waals surface area contributed by atoms with E-state index in [0.29, 0.717) is 5.92 Å². The first kappa shape index (κ1) is 25.6. The molecular weight excluding hydrogens is 432 g/mol. The first-order valence-corrected chi connectivity index (χ1v) is 14.2. The van der Waals surface area contributed by atoms with E-state index in [4.69, 9.17) is 0 Å². The van der Waals surface area contributed by atoms with Crippen LogP contribution in [0.5, 0.6) is 0 Å². The average molecular weight is 481 g/mol. The molecule has 0 heterocycles. The lowest BCUT2D eigenvalue weighted by Gasteiger charge is -2.36. The SMILES string of the molecule is Cc1cc2c(cc1C(C)(C)C)-c1cc(C(C)(C)C)c(C)cc1C2C1(C)CCC2=C1C=C(C(C)(C)C)C2. The number of hydrogen-bond acceptors (Lipinski definition) is 0. The van der Waals surface area contributed by atoms with Crippen LogP contribution in [0, 0.1) is 24.7 Å². The molecule has 5 rings (SSSR count). The molecule has 0 aromatic heterocycles. The number of hydrogen-bond donors (Lipinski definition) is 0. The molecule has 0 amide bonds. The fourth-order valence-corrected chi connectivity index (χ4v) is 7.65. The van der Waals surface area contributed by atoms with Gasteiger partial charge >= 0.3 is 0 Å². The van der Waals surface area contributed by atoms with Crippen molar-refractivity contribution in [1.29, 1.82) is 0 Å². The van der Waals surface area contributed by atoms with E-state index in [1.807, 2.05) is 0 Å². The van der Waals surface area contributed by atoms with Gasteiger partial charge in [-0.25, -0.2) is 0 Å². The Bertz CT molecular complexity index is 1250. The minimum atomic E-state index is 0.137. The molecule has 2 aromatic carbocycles. The Labute approximate surface area is 221 Å². The summed E-state index contributed by atoms with van der Waals surface area (Å²) in [5.41, 5.74) is 17.6. The Morgan fingerprint density at radius 1 is 0.694 bits per heavy atom. The van der Waals surface area contributed by atoms with E-state index in [1.54, 1.807) is 27.8 Å². The molecular formula is C36H48. The van der Waals surface area contributed by atoms with Gasteiger partial charge in [-0.2, -0.15) is 0 Å². The van der Waals surface area contributed by atoms with Crippen LogP contribution in [-0.4, -0.2) is 0 Å². The fraction of sp³-hybridized carbons (Fsp3) is 0.556. The molecule has 0 N–H and O–H groups in total. The first-order valence-electron chi connectivity index (χ1n) is 14.2. The summed E-state index contributed by atoms with van der Waals surface area (Å²) in [6.45, 7) is 28.6. The van der Waals surface area contributed by atoms with Crippen molar-refractivity contribution >= 4 is 0 Å². The lowest BCUT2D eigenvalue weighted by molar-refractivity contribution is 0.353. The van der Waals surface area contributed by atoms with E-state index in [-0.39, 0.29) is 21.7 Å². The summed E-state index contributed by atoms with van der Waals surface area (Å²) in [7, 11) is 0. The molecule has 0 aliphatic heterocycles. The average Bonchev–Trinajstić information content (AvgIpc) is 3.36. The fourth-order valence-electron chi connectivity index (χ4n) is 7.65. The monoisotopic (exact) mass is 480 g/mol. The van der Waals surface area contributed by atoms with Crippen molar-refractivity contribution in [3.05, 3.63) is 80.4 Å². The third kappa shape index (κ3) is 3.77. The standard InChI is InChI=1S/C36H48/c1-21-15-27-25(19-29(21)34(6,7)8)26-20-30(35(9,10)11)22(2)16-28(26)32(27)36(12)14-13-23-17-24(18-31(23)36)33(3,4)5/h15-16,18-20,32H,13-14,17H2,1-12H3. The van der Waals surface area contributed by atoms with Crippen molar-refractivity contribution in [2.75, 3.05) is 0 Å². The Kier molecular flexibility index (Phi) is 5.48. The smallest absolute Gasteiger partial charge is 0.0196 e. The van der Waals surface area contributed by atoms with Gasteiger partial charge in [0.1, 0.15) is 0 Å². The van der Waals surface area contributed by atoms with Crippen LogP contribution in [0.1, 0.15) is 128 Å². The lowest BCUT2D eigenvalue weighted by Crippen LogP contribution is -2.25. The normalized spacial score (nSPS) is 22.2. The summed E-state index contributed by atoms with van der Waals surface area (Å²) in [5, 5.41) is 0. The first-order chi connectivity index (χ1) is 16.4. The highest BCUT2D eigenvalue weighted by atomic mass is 14.5. The van der Waals surface area contributed by atoms with Gasteiger partial charge in [0, 0.05) is 11.3 Å². The molecule has 36 heavy (non-hydrogen) atoms. The largest absolute Gasteiger partial charge is 0.0623 e. The molecule has 0 nitrogen and oxygen atoms in total. The zero-order chi connectivity index (χ0) is 26.6. The number of fused-ring (bicyclic) bond motifs is 3. The van der Waals surface area contributed by atoms with E-state index in [1.165, 1.54) is 52.6 Å².